The first-order valence-corrected chi connectivity index (χ1v) is 6.06. The standard InChI is InChI=1S/C9H11ClO2S/c1-6-4-7(2)9(8(10)5-6)13(3,11)12/h4-5H,1-3H3. The Morgan fingerprint density at radius 3 is 2.15 bits per heavy atom. The Balaban J connectivity index is 3.57. The van der Waals surface area contributed by atoms with Gasteiger partial charge in [0.05, 0.1) is 9.92 Å². The Morgan fingerprint density at radius 2 is 1.77 bits per heavy atom. The Labute approximate surface area is 83.5 Å². The maximum absolute atomic E-state index is 11.3. The van der Waals surface area contributed by atoms with Crippen LogP contribution in [0.25, 0.3) is 0 Å². The molecule has 13 heavy (non-hydrogen) atoms. The molecule has 0 aliphatic carbocycles. The largest absolute Gasteiger partial charge is 0.224 e. The summed E-state index contributed by atoms with van der Waals surface area (Å²) in [6.45, 7) is 3.63. The zero-order valence-corrected chi connectivity index (χ0v) is 9.33. The molecule has 0 amide bonds. The Kier molecular flexibility index (Phi) is 2.68. The van der Waals surface area contributed by atoms with Gasteiger partial charge in [0.25, 0.3) is 0 Å². The number of sulfone groups is 1. The Morgan fingerprint density at radius 1 is 1.23 bits per heavy atom. The third-order valence-electron chi connectivity index (χ3n) is 1.74. The van der Waals surface area contributed by atoms with Gasteiger partial charge in [0.2, 0.25) is 0 Å². The molecule has 0 spiro atoms. The lowest BCUT2D eigenvalue weighted by molar-refractivity contribution is 0.601. The van der Waals surface area contributed by atoms with Gasteiger partial charge in [-0.15, -0.1) is 0 Å². The van der Waals surface area contributed by atoms with Crippen molar-refractivity contribution in [2.75, 3.05) is 6.26 Å². The molecule has 1 aromatic rings. The summed E-state index contributed by atoms with van der Waals surface area (Å²) < 4.78 is 22.6. The average molecular weight is 219 g/mol. The molecule has 0 heterocycles. The first-order valence-electron chi connectivity index (χ1n) is 3.79. The van der Waals surface area contributed by atoms with Crippen molar-refractivity contribution in [1.29, 1.82) is 0 Å². The fourth-order valence-electron chi connectivity index (χ4n) is 1.37. The minimum atomic E-state index is -3.21. The minimum Gasteiger partial charge on any atom is -0.224 e. The molecule has 0 saturated heterocycles. The van der Waals surface area contributed by atoms with E-state index in [2.05, 4.69) is 0 Å². The number of rotatable bonds is 1. The summed E-state index contributed by atoms with van der Waals surface area (Å²) in [4.78, 5) is 0.236. The van der Waals surface area contributed by atoms with Crippen LogP contribution in [0.4, 0.5) is 0 Å². The molecule has 0 N–H and O–H groups in total. The predicted molar refractivity (Wildman–Crippen MR) is 54.0 cm³/mol. The molecule has 0 bridgehead atoms. The normalized spacial score (nSPS) is 11.7. The molecule has 1 rings (SSSR count). The van der Waals surface area contributed by atoms with Crippen molar-refractivity contribution in [3.63, 3.8) is 0 Å². The van der Waals surface area contributed by atoms with E-state index in [0.717, 1.165) is 11.8 Å². The first kappa shape index (κ1) is 10.5. The van der Waals surface area contributed by atoms with E-state index in [1.54, 1.807) is 13.0 Å². The van der Waals surface area contributed by atoms with Crippen LogP contribution in [-0.4, -0.2) is 14.7 Å². The third kappa shape index (κ3) is 2.23. The van der Waals surface area contributed by atoms with Crippen molar-refractivity contribution in [3.8, 4) is 0 Å². The minimum absolute atomic E-state index is 0.236. The summed E-state index contributed by atoms with van der Waals surface area (Å²) >= 11 is 5.84. The van der Waals surface area contributed by atoms with E-state index >= 15 is 0 Å². The SMILES string of the molecule is Cc1cc(C)c(S(C)(=O)=O)c(Cl)c1. The molecule has 0 unspecified atom stereocenters. The van der Waals surface area contributed by atoms with Crippen molar-refractivity contribution in [3.05, 3.63) is 28.3 Å². The number of halogens is 1. The summed E-state index contributed by atoms with van der Waals surface area (Å²) in [6.07, 6.45) is 1.16. The molecular weight excluding hydrogens is 208 g/mol. The number of benzene rings is 1. The molecule has 4 heteroatoms. The summed E-state index contributed by atoms with van der Waals surface area (Å²) in [5.41, 5.74) is 1.67. The fourth-order valence-corrected chi connectivity index (χ4v) is 3.17. The molecule has 0 aliphatic rings. The number of hydrogen-bond acceptors (Lipinski definition) is 2. The van der Waals surface area contributed by atoms with Gasteiger partial charge < -0.3 is 0 Å². The third-order valence-corrected chi connectivity index (χ3v) is 3.44. The van der Waals surface area contributed by atoms with Crippen molar-refractivity contribution in [1.82, 2.24) is 0 Å². The second-order valence-electron chi connectivity index (χ2n) is 3.16. The van der Waals surface area contributed by atoms with Gasteiger partial charge in [-0.2, -0.15) is 0 Å². The van der Waals surface area contributed by atoms with Crippen LogP contribution < -0.4 is 0 Å². The van der Waals surface area contributed by atoms with E-state index in [1.165, 1.54) is 0 Å². The molecule has 0 radical (unpaired) electrons. The zero-order valence-electron chi connectivity index (χ0n) is 7.76. The van der Waals surface area contributed by atoms with Crippen molar-refractivity contribution < 1.29 is 8.42 Å². The second-order valence-corrected chi connectivity index (χ2v) is 5.52. The fraction of sp³-hybridized carbons (Fsp3) is 0.333. The molecule has 0 saturated carbocycles. The molecule has 0 fully saturated rings. The topological polar surface area (TPSA) is 34.1 Å². The van der Waals surface area contributed by atoms with E-state index in [4.69, 9.17) is 11.6 Å². The number of aryl methyl sites for hydroxylation is 2. The van der Waals surface area contributed by atoms with E-state index in [1.807, 2.05) is 13.0 Å². The van der Waals surface area contributed by atoms with Crippen LogP contribution in [0.2, 0.25) is 5.02 Å². The molecule has 0 aliphatic heterocycles. The van der Waals surface area contributed by atoms with Crippen LogP contribution in [0.3, 0.4) is 0 Å². The van der Waals surface area contributed by atoms with Crippen molar-refractivity contribution in [2.45, 2.75) is 18.7 Å². The maximum Gasteiger partial charge on any atom is 0.177 e. The van der Waals surface area contributed by atoms with Gasteiger partial charge in [0.1, 0.15) is 0 Å². The molecular formula is C9H11ClO2S. The summed E-state index contributed by atoms with van der Waals surface area (Å²) in [5.74, 6) is 0. The molecule has 72 valence electrons. The predicted octanol–water partition coefficient (Wildman–Crippen LogP) is 2.36. The number of hydrogen-bond donors (Lipinski definition) is 0. The van der Waals surface area contributed by atoms with Gasteiger partial charge in [-0.05, 0) is 31.0 Å². The van der Waals surface area contributed by atoms with Crippen LogP contribution >= 0.6 is 11.6 Å². The molecule has 0 aromatic heterocycles. The van der Waals surface area contributed by atoms with Crippen LogP contribution in [-0.2, 0) is 9.84 Å². The van der Waals surface area contributed by atoms with Gasteiger partial charge in [0.15, 0.2) is 9.84 Å². The van der Waals surface area contributed by atoms with E-state index < -0.39 is 9.84 Å². The Bertz CT molecular complexity index is 412. The highest BCUT2D eigenvalue weighted by atomic mass is 35.5. The van der Waals surface area contributed by atoms with E-state index in [0.29, 0.717) is 10.6 Å². The van der Waals surface area contributed by atoms with Crippen LogP contribution in [0.15, 0.2) is 17.0 Å². The summed E-state index contributed by atoms with van der Waals surface area (Å²) in [6, 6.07) is 3.47. The van der Waals surface area contributed by atoms with Gasteiger partial charge >= 0.3 is 0 Å². The smallest absolute Gasteiger partial charge is 0.177 e. The molecule has 1 aromatic carbocycles. The summed E-state index contributed by atoms with van der Waals surface area (Å²) in [7, 11) is -3.21. The van der Waals surface area contributed by atoms with Crippen LogP contribution in [0.5, 0.6) is 0 Å². The monoisotopic (exact) mass is 218 g/mol. The zero-order chi connectivity index (χ0) is 10.2. The van der Waals surface area contributed by atoms with Gasteiger partial charge in [-0.25, -0.2) is 8.42 Å². The highest BCUT2D eigenvalue weighted by Crippen LogP contribution is 2.26. The maximum atomic E-state index is 11.3. The van der Waals surface area contributed by atoms with Crippen molar-refractivity contribution >= 4 is 21.4 Å². The Hall–Kier alpha value is -0.540. The summed E-state index contributed by atoms with van der Waals surface area (Å²) in [5, 5.41) is 0.306. The van der Waals surface area contributed by atoms with Gasteiger partial charge in [-0.3, -0.25) is 0 Å². The lowest BCUT2D eigenvalue weighted by Crippen LogP contribution is -2.01. The lowest BCUT2D eigenvalue weighted by Gasteiger charge is -2.06. The van der Waals surface area contributed by atoms with Crippen LogP contribution in [0, 0.1) is 13.8 Å². The average Bonchev–Trinajstić information content (AvgIpc) is 1.78. The molecule has 2 nitrogen and oxygen atoms in total. The van der Waals surface area contributed by atoms with E-state index in [-0.39, 0.29) is 4.90 Å². The highest BCUT2D eigenvalue weighted by molar-refractivity contribution is 7.90. The van der Waals surface area contributed by atoms with Crippen LogP contribution in [0.1, 0.15) is 11.1 Å². The lowest BCUT2D eigenvalue weighted by atomic mass is 10.2. The highest BCUT2D eigenvalue weighted by Gasteiger charge is 2.15. The van der Waals surface area contributed by atoms with Crippen molar-refractivity contribution in [2.24, 2.45) is 0 Å². The molecule has 0 atom stereocenters. The van der Waals surface area contributed by atoms with Gasteiger partial charge in [-0.1, -0.05) is 17.7 Å². The first-order chi connectivity index (χ1) is 5.82. The quantitative estimate of drug-likeness (QED) is 0.725. The van der Waals surface area contributed by atoms with Gasteiger partial charge in [0, 0.05) is 6.26 Å². The second kappa shape index (κ2) is 3.31. The van der Waals surface area contributed by atoms with E-state index in [9.17, 15) is 8.42 Å².